The molecule has 9 rings (SSSR count). The molecule has 3 aliphatic rings. The lowest BCUT2D eigenvalue weighted by Crippen LogP contribution is -2.52. The number of esters is 1. The number of nitrogens with zero attached hydrogens (tertiary/aromatic N) is 6. The van der Waals surface area contributed by atoms with Gasteiger partial charge in [0.1, 0.15) is 35.7 Å². The van der Waals surface area contributed by atoms with E-state index in [0.29, 0.717) is 95.2 Å². The number of fused-ring (bicyclic) bond motifs is 3. The summed E-state index contributed by atoms with van der Waals surface area (Å²) < 4.78 is 51.8. The number of hydrogen-bond acceptors (Lipinski definition) is 12. The first-order valence-electron chi connectivity index (χ1n) is 23.9. The number of carbonyl (C=O) groups is 5. The molecule has 1 unspecified atom stereocenters. The molecule has 2 aromatic heterocycles. The predicted octanol–water partition coefficient (Wildman–Crippen LogP) is 5.87. The highest BCUT2D eigenvalue weighted by atomic mass is 35.5. The monoisotopic (exact) mass is 1040 g/mol. The first-order chi connectivity index (χ1) is 35.0. The van der Waals surface area contributed by atoms with Gasteiger partial charge in [0.05, 0.1) is 36.0 Å². The van der Waals surface area contributed by atoms with Crippen LogP contribution in [0.15, 0.2) is 66.7 Å². The zero-order chi connectivity index (χ0) is 51.7. The van der Waals surface area contributed by atoms with Crippen LogP contribution >= 0.6 is 19.4 Å². The highest BCUT2D eigenvalue weighted by molar-refractivity contribution is 7.46. The van der Waals surface area contributed by atoms with Crippen molar-refractivity contribution in [3.8, 4) is 22.6 Å². The van der Waals surface area contributed by atoms with E-state index < -0.39 is 39.0 Å². The predicted molar refractivity (Wildman–Crippen MR) is 266 cm³/mol. The van der Waals surface area contributed by atoms with Gasteiger partial charge in [0, 0.05) is 91.5 Å². The van der Waals surface area contributed by atoms with E-state index in [1.54, 1.807) is 52.0 Å². The molecular weight excluding hydrogens is 988 g/mol. The highest BCUT2D eigenvalue weighted by Gasteiger charge is 2.40. The van der Waals surface area contributed by atoms with Crippen LogP contribution in [0.4, 0.5) is 4.39 Å². The van der Waals surface area contributed by atoms with Crippen molar-refractivity contribution in [2.45, 2.75) is 58.7 Å². The second-order valence-electron chi connectivity index (χ2n) is 18.2. The molecule has 3 N–H and O–H groups in total. The lowest BCUT2D eigenvalue weighted by Gasteiger charge is -2.35. The fourth-order valence-electron chi connectivity index (χ4n) is 10.1. The number of benzene rings is 4. The molecular formula is C51H54ClFN7O12P. The largest absolute Gasteiger partial charge is 0.493 e. The first-order valence-corrected chi connectivity index (χ1v) is 25.8. The van der Waals surface area contributed by atoms with Crippen molar-refractivity contribution in [1.82, 2.24) is 34.4 Å². The number of piperazine rings is 1. The smallest absolute Gasteiger partial charge is 0.469 e. The van der Waals surface area contributed by atoms with E-state index in [1.807, 2.05) is 37.6 Å². The molecule has 0 radical (unpaired) electrons. The van der Waals surface area contributed by atoms with E-state index in [0.717, 1.165) is 27.7 Å². The SMILES string of the molecule is Cc1nn(C)c(C)c1-c1c(Cl)ccc2c(CCCOc3cccc4cc(F)ccc34)c(C(=O)OCCOP(=O)(O)O)n(CCN3CCN(C(=O)COc4cccc5c4CN(C4CCC(=O)NC4=O)C5=O)CC3)c12. The van der Waals surface area contributed by atoms with Crippen molar-refractivity contribution in [3.63, 3.8) is 0 Å². The van der Waals surface area contributed by atoms with Crippen LogP contribution in [0.1, 0.15) is 62.6 Å². The minimum atomic E-state index is -4.85. The summed E-state index contributed by atoms with van der Waals surface area (Å²) in [4.78, 5) is 89.8. The van der Waals surface area contributed by atoms with Gasteiger partial charge in [-0.2, -0.15) is 5.10 Å². The van der Waals surface area contributed by atoms with Gasteiger partial charge in [-0.15, -0.1) is 0 Å². The second kappa shape index (κ2) is 21.4. The summed E-state index contributed by atoms with van der Waals surface area (Å²) in [6.07, 6.45) is 1.12. The zero-order valence-corrected chi connectivity index (χ0v) is 42.0. The molecule has 22 heteroatoms. The van der Waals surface area contributed by atoms with Crippen LogP contribution in [0.3, 0.4) is 0 Å². The number of aryl methyl sites for hydroxylation is 3. The van der Waals surface area contributed by atoms with Crippen LogP contribution in [0.2, 0.25) is 5.02 Å². The Bertz CT molecular complexity index is 3220. The third-order valence-corrected chi connectivity index (χ3v) is 14.5. The summed E-state index contributed by atoms with van der Waals surface area (Å²) in [6.45, 7) is 5.29. The Morgan fingerprint density at radius 3 is 2.40 bits per heavy atom. The maximum atomic E-state index is 14.5. The van der Waals surface area contributed by atoms with Crippen molar-refractivity contribution in [1.29, 1.82) is 0 Å². The Balaban J connectivity index is 0.941. The number of amides is 4. The quantitative estimate of drug-likeness (QED) is 0.0397. The topological polar surface area (TPSA) is 224 Å². The zero-order valence-electron chi connectivity index (χ0n) is 40.4. The number of phosphoric acid groups is 1. The lowest BCUT2D eigenvalue weighted by molar-refractivity contribution is -0.137. The number of carbonyl (C=O) groups excluding carboxylic acids is 5. The second-order valence-corrected chi connectivity index (χ2v) is 19.8. The molecule has 6 aromatic rings. The molecule has 3 aliphatic heterocycles. The molecule has 0 spiro atoms. The van der Waals surface area contributed by atoms with Gasteiger partial charge in [0.15, 0.2) is 6.61 Å². The normalized spacial score (nSPS) is 16.4. The minimum Gasteiger partial charge on any atom is -0.493 e. The Hall–Kier alpha value is -6.67. The van der Waals surface area contributed by atoms with E-state index in [4.69, 9.17) is 25.8 Å². The number of rotatable bonds is 18. The van der Waals surface area contributed by atoms with Gasteiger partial charge in [-0.25, -0.2) is 13.8 Å². The van der Waals surface area contributed by atoms with Crippen LogP contribution in [0.5, 0.6) is 11.5 Å². The molecule has 73 heavy (non-hydrogen) atoms. The molecule has 4 amide bonds. The maximum absolute atomic E-state index is 14.5. The standard InChI is InChI=1S/C51H54ClFN7O12P/c1-30-45(31(2)56(3)55-30)46-39(52)15-14-36-35(9-6-24-69-41-10-4-7-32-27-33(53)12-13-34(32)41)48(51(65)70-25-26-72-73(66,67)68)59(47(36)46)23-20-57-18-21-58(22-19-57)44(62)29-71-42-11-5-8-37-38(42)28-60(50(37)64)40-16-17-43(61)54-49(40)63/h4-5,7-8,10-15,27,40H,6,9,16-26,28-29H2,1-3H3,(H,54,61,63)(H2,66,67,68). The fraction of sp³-hybridized carbons (Fsp3) is 0.373. The van der Waals surface area contributed by atoms with Crippen molar-refractivity contribution in [3.05, 3.63) is 111 Å². The molecule has 2 saturated heterocycles. The third kappa shape index (κ3) is 10.9. The Morgan fingerprint density at radius 2 is 1.66 bits per heavy atom. The number of hydrogen-bond donors (Lipinski definition) is 3. The van der Waals surface area contributed by atoms with Crippen molar-refractivity contribution in [2.24, 2.45) is 7.05 Å². The molecule has 0 aliphatic carbocycles. The highest BCUT2D eigenvalue weighted by Crippen LogP contribution is 2.43. The minimum absolute atomic E-state index is 0.103. The number of piperidine rings is 1. The van der Waals surface area contributed by atoms with Crippen LogP contribution < -0.4 is 14.8 Å². The van der Waals surface area contributed by atoms with Crippen LogP contribution in [-0.4, -0.2) is 134 Å². The molecule has 5 heterocycles. The summed E-state index contributed by atoms with van der Waals surface area (Å²) in [6, 6.07) is 17.7. The summed E-state index contributed by atoms with van der Waals surface area (Å²) in [5, 5.41) is 9.58. The van der Waals surface area contributed by atoms with Gasteiger partial charge >= 0.3 is 13.8 Å². The summed E-state index contributed by atoms with van der Waals surface area (Å²) in [5.74, 6) is -1.66. The summed E-state index contributed by atoms with van der Waals surface area (Å²) in [5.41, 5.74) is 5.49. The van der Waals surface area contributed by atoms with E-state index in [1.165, 1.54) is 17.0 Å². The summed E-state index contributed by atoms with van der Waals surface area (Å²) >= 11 is 7.14. The van der Waals surface area contributed by atoms with Crippen molar-refractivity contribution in [2.75, 3.05) is 59.2 Å². The molecule has 2 fully saturated rings. The third-order valence-electron chi connectivity index (χ3n) is 13.7. The molecule has 384 valence electrons. The summed E-state index contributed by atoms with van der Waals surface area (Å²) in [7, 11) is -3.01. The van der Waals surface area contributed by atoms with Gasteiger partial charge < -0.3 is 38.4 Å². The van der Waals surface area contributed by atoms with Crippen LogP contribution in [0.25, 0.3) is 32.8 Å². The van der Waals surface area contributed by atoms with Gasteiger partial charge in [-0.3, -0.25) is 38.6 Å². The number of aromatic nitrogens is 3. The number of ether oxygens (including phenoxy) is 3. The Labute approximate surface area is 423 Å². The van der Waals surface area contributed by atoms with E-state index >= 15 is 0 Å². The lowest BCUT2D eigenvalue weighted by atomic mass is 9.98. The molecule has 1 atom stereocenters. The number of phosphoric ester groups is 1. The van der Waals surface area contributed by atoms with E-state index in [9.17, 15) is 42.7 Å². The van der Waals surface area contributed by atoms with E-state index in [-0.39, 0.29) is 68.4 Å². The van der Waals surface area contributed by atoms with Gasteiger partial charge in [-0.1, -0.05) is 35.9 Å². The molecule has 0 bridgehead atoms. The van der Waals surface area contributed by atoms with Gasteiger partial charge in [0.25, 0.3) is 11.8 Å². The van der Waals surface area contributed by atoms with Gasteiger partial charge in [-0.05, 0) is 86.5 Å². The molecule has 19 nitrogen and oxygen atoms in total. The average Bonchev–Trinajstić information content (AvgIpc) is 3.95. The van der Waals surface area contributed by atoms with Crippen molar-refractivity contribution >= 4 is 70.7 Å². The first kappa shape index (κ1) is 51.2. The number of halogens is 2. The van der Waals surface area contributed by atoms with Crippen molar-refractivity contribution < 1.29 is 61.4 Å². The van der Waals surface area contributed by atoms with Crippen LogP contribution in [0, 0.1) is 19.7 Å². The van der Waals surface area contributed by atoms with Crippen LogP contribution in [-0.2, 0) is 54.8 Å². The maximum Gasteiger partial charge on any atom is 0.469 e. The average molecular weight is 1040 g/mol. The fourth-order valence-corrected chi connectivity index (χ4v) is 10.7. The molecule has 0 saturated carbocycles. The molecule has 4 aromatic carbocycles. The van der Waals surface area contributed by atoms with E-state index in [2.05, 4.69) is 19.8 Å². The Morgan fingerprint density at radius 1 is 0.904 bits per heavy atom. The van der Waals surface area contributed by atoms with Gasteiger partial charge in [0.2, 0.25) is 11.8 Å². The Kier molecular flexibility index (Phi) is 15.0. The number of imide groups is 1. The number of nitrogens with one attached hydrogen (secondary N) is 1.